The van der Waals surface area contributed by atoms with Gasteiger partial charge in [-0.1, -0.05) is 51.9 Å². The Balaban J connectivity index is 1.37. The second-order valence-electron chi connectivity index (χ2n) is 8.27. The lowest BCUT2D eigenvalue weighted by Crippen LogP contribution is -2.08. The van der Waals surface area contributed by atoms with Gasteiger partial charge in [0, 0.05) is 18.6 Å². The molecule has 5 heteroatoms. The minimum Gasteiger partial charge on any atom is -0.494 e. The summed E-state index contributed by atoms with van der Waals surface area (Å²) in [5.41, 5.74) is 2.23. The van der Waals surface area contributed by atoms with Gasteiger partial charge in [0.1, 0.15) is 11.5 Å². The fourth-order valence-electron chi connectivity index (χ4n) is 3.48. The third kappa shape index (κ3) is 9.18. The van der Waals surface area contributed by atoms with Crippen LogP contribution in [0.4, 0.5) is 5.69 Å². The van der Waals surface area contributed by atoms with Crippen LogP contribution in [-0.2, 0) is 0 Å². The average Bonchev–Trinajstić information content (AvgIpc) is 2.88. The molecule has 0 saturated carbocycles. The average molecular weight is 459 g/mol. The van der Waals surface area contributed by atoms with Crippen LogP contribution in [0.5, 0.6) is 11.5 Å². The zero-order valence-electron chi connectivity index (χ0n) is 20.0. The standard InChI is InChI=1S/C29H34N2O3/c1-2-3-4-5-6-7-8-9-22-33-27-14-10-25(11-15-27)29(32)34-28-16-12-26(13-17-28)31-23-24-18-20-30-21-19-24/h10-21,23H,2-9,22H2,1H3. The van der Waals surface area contributed by atoms with Crippen LogP contribution >= 0.6 is 0 Å². The van der Waals surface area contributed by atoms with E-state index in [4.69, 9.17) is 9.47 Å². The van der Waals surface area contributed by atoms with Crippen LogP contribution in [0.3, 0.4) is 0 Å². The molecule has 0 radical (unpaired) electrons. The highest BCUT2D eigenvalue weighted by Crippen LogP contribution is 2.20. The Labute approximate surface area is 202 Å². The first-order valence-corrected chi connectivity index (χ1v) is 12.2. The molecule has 5 nitrogen and oxygen atoms in total. The number of aromatic nitrogens is 1. The van der Waals surface area contributed by atoms with E-state index in [-0.39, 0.29) is 0 Å². The number of unbranched alkanes of at least 4 members (excludes halogenated alkanes) is 7. The Morgan fingerprint density at radius 3 is 2.09 bits per heavy atom. The minimum atomic E-state index is -0.400. The maximum absolute atomic E-state index is 12.4. The summed E-state index contributed by atoms with van der Waals surface area (Å²) in [6.45, 7) is 2.95. The lowest BCUT2D eigenvalue weighted by Gasteiger charge is -2.08. The van der Waals surface area contributed by atoms with Crippen LogP contribution in [-0.4, -0.2) is 23.8 Å². The number of esters is 1. The van der Waals surface area contributed by atoms with Crippen molar-refractivity contribution in [3.05, 3.63) is 84.2 Å². The van der Waals surface area contributed by atoms with Gasteiger partial charge in [0.15, 0.2) is 0 Å². The number of carbonyl (C=O) groups excluding carboxylic acids is 1. The van der Waals surface area contributed by atoms with E-state index in [0.717, 1.165) is 23.4 Å². The molecule has 0 fully saturated rings. The summed E-state index contributed by atoms with van der Waals surface area (Å²) >= 11 is 0. The molecule has 0 aliphatic heterocycles. The summed E-state index contributed by atoms with van der Waals surface area (Å²) in [5, 5.41) is 0. The summed E-state index contributed by atoms with van der Waals surface area (Å²) < 4.78 is 11.3. The molecule has 0 aliphatic carbocycles. The van der Waals surface area contributed by atoms with E-state index < -0.39 is 5.97 Å². The molecule has 1 heterocycles. The topological polar surface area (TPSA) is 60.8 Å². The van der Waals surface area contributed by atoms with Crippen molar-refractivity contribution in [1.82, 2.24) is 4.98 Å². The molecule has 0 spiro atoms. The van der Waals surface area contributed by atoms with Crippen molar-refractivity contribution in [1.29, 1.82) is 0 Å². The SMILES string of the molecule is CCCCCCCCCCOc1ccc(C(=O)Oc2ccc(N=Cc3ccncc3)cc2)cc1. The first-order chi connectivity index (χ1) is 16.7. The van der Waals surface area contributed by atoms with Gasteiger partial charge < -0.3 is 9.47 Å². The molecule has 0 atom stereocenters. The Bertz CT molecular complexity index is 1000. The van der Waals surface area contributed by atoms with Gasteiger partial charge in [0.05, 0.1) is 17.9 Å². The predicted octanol–water partition coefficient (Wildman–Crippen LogP) is 7.57. The van der Waals surface area contributed by atoms with E-state index in [1.165, 1.54) is 44.9 Å². The lowest BCUT2D eigenvalue weighted by atomic mass is 10.1. The van der Waals surface area contributed by atoms with Gasteiger partial charge in [0.25, 0.3) is 0 Å². The van der Waals surface area contributed by atoms with Gasteiger partial charge in [-0.05, 0) is 72.6 Å². The fourth-order valence-corrected chi connectivity index (χ4v) is 3.48. The third-order valence-corrected chi connectivity index (χ3v) is 5.47. The van der Waals surface area contributed by atoms with Crippen molar-refractivity contribution in [2.75, 3.05) is 6.61 Å². The molecule has 3 aromatic rings. The van der Waals surface area contributed by atoms with Gasteiger partial charge in [-0.15, -0.1) is 0 Å². The Kier molecular flexibility index (Phi) is 10.8. The smallest absolute Gasteiger partial charge is 0.343 e. The Morgan fingerprint density at radius 1 is 0.794 bits per heavy atom. The first-order valence-electron chi connectivity index (χ1n) is 12.2. The van der Waals surface area contributed by atoms with E-state index in [1.807, 2.05) is 36.4 Å². The van der Waals surface area contributed by atoms with E-state index >= 15 is 0 Å². The molecular formula is C29H34N2O3. The van der Waals surface area contributed by atoms with Crippen molar-refractivity contribution in [2.45, 2.75) is 58.3 Å². The van der Waals surface area contributed by atoms with Crippen LogP contribution in [0.1, 0.15) is 74.2 Å². The summed E-state index contributed by atoms with van der Waals surface area (Å²) in [6.07, 6.45) is 15.4. The van der Waals surface area contributed by atoms with Gasteiger partial charge in [0.2, 0.25) is 0 Å². The maximum Gasteiger partial charge on any atom is 0.343 e. The molecule has 0 amide bonds. The number of aliphatic imine (C=N–C) groups is 1. The summed E-state index contributed by atoms with van der Waals surface area (Å²) in [7, 11) is 0. The molecule has 0 bridgehead atoms. The Hall–Kier alpha value is -3.47. The van der Waals surface area contributed by atoms with E-state index in [0.29, 0.717) is 17.9 Å². The van der Waals surface area contributed by atoms with Gasteiger partial charge in [-0.25, -0.2) is 4.79 Å². The lowest BCUT2D eigenvalue weighted by molar-refractivity contribution is 0.0734. The van der Waals surface area contributed by atoms with Gasteiger partial charge in [-0.2, -0.15) is 0 Å². The monoisotopic (exact) mass is 458 g/mol. The highest BCUT2D eigenvalue weighted by atomic mass is 16.5. The van der Waals surface area contributed by atoms with Crippen molar-refractivity contribution in [3.63, 3.8) is 0 Å². The van der Waals surface area contributed by atoms with Crippen LogP contribution in [0.25, 0.3) is 0 Å². The molecule has 0 aliphatic rings. The zero-order chi connectivity index (χ0) is 23.8. The van der Waals surface area contributed by atoms with Crippen LogP contribution < -0.4 is 9.47 Å². The van der Waals surface area contributed by atoms with Crippen molar-refractivity contribution >= 4 is 17.9 Å². The van der Waals surface area contributed by atoms with Crippen molar-refractivity contribution in [3.8, 4) is 11.5 Å². The quantitative estimate of drug-likeness (QED) is 0.108. The summed E-state index contributed by atoms with van der Waals surface area (Å²) in [5.74, 6) is 0.849. The predicted molar refractivity (Wildman–Crippen MR) is 137 cm³/mol. The molecule has 0 unspecified atom stereocenters. The summed E-state index contributed by atoms with van der Waals surface area (Å²) in [6, 6.07) is 18.0. The van der Waals surface area contributed by atoms with Crippen LogP contribution in [0, 0.1) is 0 Å². The third-order valence-electron chi connectivity index (χ3n) is 5.47. The molecule has 178 valence electrons. The van der Waals surface area contributed by atoms with Crippen LogP contribution in [0.2, 0.25) is 0 Å². The van der Waals surface area contributed by atoms with Crippen LogP contribution in [0.15, 0.2) is 78.0 Å². The number of carbonyl (C=O) groups is 1. The van der Waals surface area contributed by atoms with Gasteiger partial charge >= 0.3 is 5.97 Å². The molecule has 0 N–H and O–H groups in total. The molecule has 3 rings (SSSR count). The number of rotatable bonds is 14. The van der Waals surface area contributed by atoms with Crippen molar-refractivity contribution in [2.24, 2.45) is 4.99 Å². The molecule has 34 heavy (non-hydrogen) atoms. The van der Waals surface area contributed by atoms with E-state index in [1.54, 1.807) is 42.9 Å². The molecule has 2 aromatic carbocycles. The van der Waals surface area contributed by atoms with Crippen molar-refractivity contribution < 1.29 is 14.3 Å². The highest BCUT2D eigenvalue weighted by molar-refractivity contribution is 5.91. The largest absolute Gasteiger partial charge is 0.494 e. The van der Waals surface area contributed by atoms with E-state index in [9.17, 15) is 4.79 Å². The maximum atomic E-state index is 12.4. The van der Waals surface area contributed by atoms with Gasteiger partial charge in [-0.3, -0.25) is 9.98 Å². The Morgan fingerprint density at radius 2 is 1.41 bits per heavy atom. The summed E-state index contributed by atoms with van der Waals surface area (Å²) in [4.78, 5) is 20.8. The normalized spacial score (nSPS) is 11.0. The molecule has 0 saturated heterocycles. The number of ether oxygens (including phenoxy) is 2. The van der Waals surface area contributed by atoms with E-state index in [2.05, 4.69) is 16.9 Å². The second kappa shape index (κ2) is 14.6. The zero-order valence-corrected chi connectivity index (χ0v) is 20.0. The number of pyridine rings is 1. The minimum absolute atomic E-state index is 0.400. The second-order valence-corrected chi connectivity index (χ2v) is 8.27. The number of hydrogen-bond acceptors (Lipinski definition) is 5. The number of benzene rings is 2. The molecule has 1 aromatic heterocycles. The highest BCUT2D eigenvalue weighted by Gasteiger charge is 2.09. The molecular weight excluding hydrogens is 424 g/mol. The number of hydrogen-bond donors (Lipinski definition) is 0. The first kappa shape index (κ1) is 25.2. The fraction of sp³-hybridized carbons (Fsp3) is 0.345. The number of nitrogens with zero attached hydrogens (tertiary/aromatic N) is 2.